The molecule has 0 unspecified atom stereocenters. The van der Waals surface area contributed by atoms with E-state index in [0.29, 0.717) is 5.78 Å². The van der Waals surface area contributed by atoms with E-state index in [0.717, 1.165) is 56.4 Å². The summed E-state index contributed by atoms with van der Waals surface area (Å²) in [6, 6.07) is 8.20. The Bertz CT molecular complexity index is 806. The number of hydrogen-bond donors (Lipinski definition) is 0. The second-order valence-electron chi connectivity index (χ2n) is 6.13. The summed E-state index contributed by atoms with van der Waals surface area (Å²) in [5.74, 6) is 1.75. The standard InChI is InChI=1S/C17H21N7/c1-14-12-16(24-17(21-14)19-13-20-24)23-10-8-22(9-11-23)7-5-15-4-2-3-6-18-15/h2-4,6,12-13H,5,7-11H2,1H3. The van der Waals surface area contributed by atoms with Crippen LogP contribution in [0.15, 0.2) is 36.8 Å². The van der Waals surface area contributed by atoms with Gasteiger partial charge in [-0.25, -0.2) is 4.98 Å². The lowest BCUT2D eigenvalue weighted by Gasteiger charge is -2.35. The number of fused-ring (bicyclic) bond motifs is 1. The number of piperazine rings is 1. The lowest BCUT2D eigenvalue weighted by atomic mass is 10.2. The van der Waals surface area contributed by atoms with Gasteiger partial charge in [0.1, 0.15) is 12.1 Å². The van der Waals surface area contributed by atoms with E-state index in [1.807, 2.05) is 23.7 Å². The minimum absolute atomic E-state index is 0.669. The summed E-state index contributed by atoms with van der Waals surface area (Å²) in [4.78, 5) is 17.9. The van der Waals surface area contributed by atoms with E-state index in [2.05, 4.69) is 48.0 Å². The maximum atomic E-state index is 4.41. The van der Waals surface area contributed by atoms with Crippen molar-refractivity contribution in [2.75, 3.05) is 37.6 Å². The average Bonchev–Trinajstić information content (AvgIpc) is 3.09. The molecule has 0 atom stereocenters. The van der Waals surface area contributed by atoms with Crippen LogP contribution in [0.25, 0.3) is 5.78 Å². The van der Waals surface area contributed by atoms with Crippen molar-refractivity contribution in [1.29, 1.82) is 0 Å². The van der Waals surface area contributed by atoms with Crippen molar-refractivity contribution in [3.05, 3.63) is 48.2 Å². The lowest BCUT2D eigenvalue weighted by molar-refractivity contribution is 0.259. The Morgan fingerprint density at radius 1 is 1.08 bits per heavy atom. The SMILES string of the molecule is Cc1cc(N2CCN(CCc3ccccn3)CC2)n2ncnc2n1. The molecule has 0 saturated carbocycles. The number of nitrogens with zero attached hydrogens (tertiary/aromatic N) is 7. The van der Waals surface area contributed by atoms with Gasteiger partial charge in [-0.15, -0.1) is 0 Å². The molecule has 24 heavy (non-hydrogen) atoms. The molecule has 7 heteroatoms. The maximum absolute atomic E-state index is 4.41. The normalized spacial score (nSPS) is 16.0. The number of pyridine rings is 1. The molecule has 0 bridgehead atoms. The highest BCUT2D eigenvalue weighted by molar-refractivity contribution is 5.47. The van der Waals surface area contributed by atoms with E-state index in [4.69, 9.17) is 0 Å². The molecule has 0 spiro atoms. The number of rotatable bonds is 4. The minimum Gasteiger partial charge on any atom is -0.354 e. The zero-order valence-electron chi connectivity index (χ0n) is 13.8. The van der Waals surface area contributed by atoms with E-state index in [1.165, 1.54) is 0 Å². The van der Waals surface area contributed by atoms with Crippen LogP contribution in [0.5, 0.6) is 0 Å². The molecule has 3 aromatic rings. The van der Waals surface area contributed by atoms with Gasteiger partial charge >= 0.3 is 0 Å². The first-order valence-corrected chi connectivity index (χ1v) is 8.34. The van der Waals surface area contributed by atoms with Gasteiger partial charge in [0.25, 0.3) is 5.78 Å². The number of anilines is 1. The Labute approximate surface area is 141 Å². The topological polar surface area (TPSA) is 62.5 Å². The molecule has 4 rings (SSSR count). The Hall–Kier alpha value is -2.54. The van der Waals surface area contributed by atoms with E-state index < -0.39 is 0 Å². The summed E-state index contributed by atoms with van der Waals surface area (Å²) >= 11 is 0. The van der Waals surface area contributed by atoms with Gasteiger partial charge in [0, 0.05) is 62.8 Å². The third-order valence-electron chi connectivity index (χ3n) is 4.47. The first kappa shape index (κ1) is 15.0. The van der Waals surface area contributed by atoms with E-state index in [1.54, 1.807) is 6.33 Å². The minimum atomic E-state index is 0.669. The highest BCUT2D eigenvalue weighted by Gasteiger charge is 2.20. The van der Waals surface area contributed by atoms with Crippen molar-refractivity contribution in [2.45, 2.75) is 13.3 Å². The van der Waals surface area contributed by atoms with Gasteiger partial charge in [0.05, 0.1) is 0 Å². The quantitative estimate of drug-likeness (QED) is 0.719. The van der Waals surface area contributed by atoms with Crippen molar-refractivity contribution < 1.29 is 0 Å². The zero-order valence-corrected chi connectivity index (χ0v) is 13.8. The van der Waals surface area contributed by atoms with Gasteiger partial charge in [-0.1, -0.05) is 6.07 Å². The van der Waals surface area contributed by atoms with Crippen LogP contribution >= 0.6 is 0 Å². The summed E-state index contributed by atoms with van der Waals surface area (Å²) in [5, 5.41) is 4.31. The van der Waals surface area contributed by atoms with Crippen LogP contribution in [-0.2, 0) is 6.42 Å². The molecular formula is C17H21N7. The van der Waals surface area contributed by atoms with Crippen molar-refractivity contribution >= 4 is 11.6 Å². The van der Waals surface area contributed by atoms with Crippen LogP contribution in [0.4, 0.5) is 5.82 Å². The van der Waals surface area contributed by atoms with Crippen LogP contribution in [0, 0.1) is 6.92 Å². The van der Waals surface area contributed by atoms with E-state index in [-0.39, 0.29) is 0 Å². The third-order valence-corrected chi connectivity index (χ3v) is 4.47. The molecule has 1 aliphatic heterocycles. The molecule has 0 aliphatic carbocycles. The van der Waals surface area contributed by atoms with Crippen molar-refractivity contribution in [3.63, 3.8) is 0 Å². The number of hydrogen-bond acceptors (Lipinski definition) is 6. The van der Waals surface area contributed by atoms with E-state index >= 15 is 0 Å². The summed E-state index contributed by atoms with van der Waals surface area (Å²) in [6.45, 7) is 7.12. The van der Waals surface area contributed by atoms with Crippen molar-refractivity contribution in [3.8, 4) is 0 Å². The second kappa shape index (κ2) is 6.52. The highest BCUT2D eigenvalue weighted by Crippen LogP contribution is 2.17. The predicted octanol–water partition coefficient (Wildman–Crippen LogP) is 1.19. The molecule has 7 nitrogen and oxygen atoms in total. The van der Waals surface area contributed by atoms with Gasteiger partial charge in [0.2, 0.25) is 0 Å². The number of aromatic nitrogens is 5. The Morgan fingerprint density at radius 3 is 2.75 bits per heavy atom. The molecule has 4 heterocycles. The molecule has 124 valence electrons. The van der Waals surface area contributed by atoms with Gasteiger partial charge in [-0.05, 0) is 19.1 Å². The summed E-state index contributed by atoms with van der Waals surface area (Å²) in [5.41, 5.74) is 2.14. The molecule has 3 aromatic heterocycles. The van der Waals surface area contributed by atoms with Gasteiger partial charge in [-0.2, -0.15) is 14.6 Å². The Balaban J connectivity index is 1.39. The van der Waals surface area contributed by atoms with Crippen LogP contribution in [0.3, 0.4) is 0 Å². The summed E-state index contributed by atoms with van der Waals surface area (Å²) in [6.07, 6.45) is 4.43. The molecule has 1 saturated heterocycles. The fourth-order valence-electron chi connectivity index (χ4n) is 3.16. The summed E-state index contributed by atoms with van der Waals surface area (Å²) < 4.78 is 1.83. The Kier molecular flexibility index (Phi) is 4.08. The number of aryl methyl sites for hydroxylation is 1. The zero-order chi connectivity index (χ0) is 16.4. The molecular weight excluding hydrogens is 302 g/mol. The fourth-order valence-corrected chi connectivity index (χ4v) is 3.16. The predicted molar refractivity (Wildman–Crippen MR) is 92.1 cm³/mol. The van der Waals surface area contributed by atoms with Crippen molar-refractivity contribution in [1.82, 2.24) is 29.5 Å². The largest absolute Gasteiger partial charge is 0.354 e. The third kappa shape index (κ3) is 3.07. The lowest BCUT2D eigenvalue weighted by Crippen LogP contribution is -2.47. The van der Waals surface area contributed by atoms with Crippen LogP contribution in [0.2, 0.25) is 0 Å². The second-order valence-corrected chi connectivity index (χ2v) is 6.13. The molecule has 0 N–H and O–H groups in total. The molecule has 0 aromatic carbocycles. The van der Waals surface area contributed by atoms with Gasteiger partial charge in [0.15, 0.2) is 0 Å². The molecule has 1 aliphatic rings. The maximum Gasteiger partial charge on any atom is 0.254 e. The van der Waals surface area contributed by atoms with Crippen molar-refractivity contribution in [2.24, 2.45) is 0 Å². The monoisotopic (exact) mass is 323 g/mol. The van der Waals surface area contributed by atoms with Gasteiger partial charge < -0.3 is 4.90 Å². The van der Waals surface area contributed by atoms with Crippen LogP contribution < -0.4 is 4.90 Å². The first-order chi connectivity index (χ1) is 11.8. The van der Waals surface area contributed by atoms with E-state index in [9.17, 15) is 0 Å². The highest BCUT2D eigenvalue weighted by atomic mass is 15.4. The average molecular weight is 323 g/mol. The first-order valence-electron chi connectivity index (χ1n) is 8.34. The van der Waals surface area contributed by atoms with Gasteiger partial charge in [-0.3, -0.25) is 9.88 Å². The summed E-state index contributed by atoms with van der Waals surface area (Å²) in [7, 11) is 0. The molecule has 0 amide bonds. The van der Waals surface area contributed by atoms with Crippen LogP contribution in [0.1, 0.15) is 11.4 Å². The molecule has 1 fully saturated rings. The van der Waals surface area contributed by atoms with Crippen LogP contribution in [-0.4, -0.2) is 62.2 Å². The fraction of sp³-hybridized carbons (Fsp3) is 0.412. The smallest absolute Gasteiger partial charge is 0.254 e. The Morgan fingerprint density at radius 2 is 1.96 bits per heavy atom. The molecule has 0 radical (unpaired) electrons.